The number of halogens is 2. The predicted molar refractivity (Wildman–Crippen MR) is 95.0 cm³/mol. The van der Waals surface area contributed by atoms with Gasteiger partial charge in [-0.05, 0) is 23.8 Å². The molecule has 24 heavy (non-hydrogen) atoms. The molecule has 0 saturated heterocycles. The number of hydrogen-bond donors (Lipinski definition) is 1. The maximum absolute atomic E-state index is 12.4. The topological polar surface area (TPSA) is 64.0 Å². The first-order valence-corrected chi connectivity index (χ1v) is 9.23. The van der Waals surface area contributed by atoms with Crippen LogP contribution in [0.25, 0.3) is 0 Å². The maximum atomic E-state index is 12.4. The van der Waals surface area contributed by atoms with E-state index in [0.29, 0.717) is 6.54 Å². The van der Waals surface area contributed by atoms with Gasteiger partial charge in [0.15, 0.2) is 5.82 Å². The van der Waals surface area contributed by atoms with Crippen molar-refractivity contribution in [2.24, 2.45) is 0 Å². The summed E-state index contributed by atoms with van der Waals surface area (Å²) in [7, 11) is -3.87. The van der Waals surface area contributed by atoms with Crippen molar-refractivity contribution in [3.63, 3.8) is 0 Å². The largest absolute Gasteiger partial charge is 0.266 e. The molecule has 5 nitrogen and oxygen atoms in total. The van der Waals surface area contributed by atoms with E-state index in [-0.39, 0.29) is 20.8 Å². The Hall–Kier alpha value is -2.02. The van der Waals surface area contributed by atoms with Crippen molar-refractivity contribution in [1.82, 2.24) is 9.78 Å². The number of aromatic nitrogens is 2. The van der Waals surface area contributed by atoms with Crippen molar-refractivity contribution in [2.75, 3.05) is 4.72 Å². The van der Waals surface area contributed by atoms with Crippen LogP contribution in [-0.4, -0.2) is 18.2 Å². The molecule has 1 aromatic heterocycles. The molecule has 0 atom stereocenters. The van der Waals surface area contributed by atoms with Gasteiger partial charge >= 0.3 is 0 Å². The van der Waals surface area contributed by atoms with E-state index in [2.05, 4.69) is 9.82 Å². The Bertz CT molecular complexity index is 956. The van der Waals surface area contributed by atoms with Gasteiger partial charge in [0.25, 0.3) is 10.0 Å². The van der Waals surface area contributed by atoms with E-state index in [0.717, 1.165) is 5.56 Å². The second kappa shape index (κ2) is 6.84. The normalized spacial score (nSPS) is 11.4. The third-order valence-electron chi connectivity index (χ3n) is 3.25. The molecule has 0 unspecified atom stereocenters. The molecule has 2 aromatic carbocycles. The van der Waals surface area contributed by atoms with Gasteiger partial charge in [0, 0.05) is 17.3 Å². The molecule has 0 aliphatic rings. The molecule has 0 radical (unpaired) electrons. The van der Waals surface area contributed by atoms with E-state index in [1.165, 1.54) is 18.2 Å². The third kappa shape index (κ3) is 3.90. The third-order valence-corrected chi connectivity index (χ3v) is 5.32. The van der Waals surface area contributed by atoms with Crippen LogP contribution in [0.5, 0.6) is 0 Å². The molecule has 0 spiro atoms. The minimum Gasteiger partial charge on any atom is -0.266 e. The SMILES string of the molecule is O=S(=O)(Nc1ccn(Cc2ccccc2)n1)c1cc(Cl)ccc1Cl. The fraction of sp³-hybridized carbons (Fsp3) is 0.0625. The van der Waals surface area contributed by atoms with Crippen LogP contribution in [-0.2, 0) is 16.6 Å². The number of hydrogen-bond acceptors (Lipinski definition) is 3. The average molecular weight is 382 g/mol. The molecule has 0 aliphatic heterocycles. The highest BCUT2D eigenvalue weighted by atomic mass is 35.5. The lowest BCUT2D eigenvalue weighted by molar-refractivity contribution is 0.600. The van der Waals surface area contributed by atoms with Crippen LogP contribution in [0.4, 0.5) is 5.82 Å². The monoisotopic (exact) mass is 381 g/mol. The summed E-state index contributed by atoms with van der Waals surface area (Å²) in [6, 6.07) is 15.6. The van der Waals surface area contributed by atoms with Crippen LogP contribution >= 0.6 is 23.2 Å². The second-order valence-electron chi connectivity index (χ2n) is 5.06. The zero-order chi connectivity index (χ0) is 17.2. The zero-order valence-electron chi connectivity index (χ0n) is 12.4. The van der Waals surface area contributed by atoms with Crippen molar-refractivity contribution in [1.29, 1.82) is 0 Å². The maximum Gasteiger partial charge on any atom is 0.264 e. The number of nitrogens with zero attached hydrogens (tertiary/aromatic N) is 2. The van der Waals surface area contributed by atoms with Crippen molar-refractivity contribution in [2.45, 2.75) is 11.4 Å². The van der Waals surface area contributed by atoms with Gasteiger partial charge in [-0.1, -0.05) is 53.5 Å². The van der Waals surface area contributed by atoms with Crippen molar-refractivity contribution < 1.29 is 8.42 Å². The van der Waals surface area contributed by atoms with Crippen LogP contribution in [0, 0.1) is 0 Å². The molecule has 124 valence electrons. The fourth-order valence-corrected chi connectivity index (χ4v) is 3.91. The van der Waals surface area contributed by atoms with Crippen LogP contribution in [0.3, 0.4) is 0 Å². The van der Waals surface area contributed by atoms with E-state index >= 15 is 0 Å². The molecule has 0 aliphatic carbocycles. The quantitative estimate of drug-likeness (QED) is 0.725. The fourth-order valence-electron chi connectivity index (χ4n) is 2.15. The lowest BCUT2D eigenvalue weighted by Gasteiger charge is -2.08. The summed E-state index contributed by atoms with van der Waals surface area (Å²) in [5, 5.41) is 4.60. The van der Waals surface area contributed by atoms with Gasteiger partial charge in [0.1, 0.15) is 4.90 Å². The van der Waals surface area contributed by atoms with E-state index < -0.39 is 10.0 Å². The summed E-state index contributed by atoms with van der Waals surface area (Å²) in [5.41, 5.74) is 1.06. The van der Waals surface area contributed by atoms with Gasteiger partial charge < -0.3 is 0 Å². The Balaban J connectivity index is 1.80. The molecule has 3 aromatic rings. The Labute approximate surface area is 149 Å². The zero-order valence-corrected chi connectivity index (χ0v) is 14.7. The smallest absolute Gasteiger partial charge is 0.264 e. The number of sulfonamides is 1. The average Bonchev–Trinajstić information content (AvgIpc) is 2.97. The van der Waals surface area contributed by atoms with Crippen LogP contribution in [0.2, 0.25) is 10.0 Å². The molecule has 0 saturated carbocycles. The number of nitrogens with one attached hydrogen (secondary N) is 1. The number of benzene rings is 2. The Morgan fingerprint density at radius 1 is 1.04 bits per heavy atom. The van der Waals surface area contributed by atoms with E-state index in [1.807, 2.05) is 30.3 Å². The summed E-state index contributed by atoms with van der Waals surface area (Å²) >= 11 is 11.8. The minimum absolute atomic E-state index is 0.0886. The molecule has 0 fully saturated rings. The Morgan fingerprint density at radius 2 is 1.79 bits per heavy atom. The van der Waals surface area contributed by atoms with Crippen LogP contribution in [0.15, 0.2) is 65.7 Å². The Morgan fingerprint density at radius 3 is 2.54 bits per heavy atom. The van der Waals surface area contributed by atoms with Gasteiger partial charge in [-0.25, -0.2) is 8.42 Å². The highest BCUT2D eigenvalue weighted by Crippen LogP contribution is 2.26. The second-order valence-corrected chi connectivity index (χ2v) is 7.56. The van der Waals surface area contributed by atoms with Gasteiger partial charge in [-0.2, -0.15) is 5.10 Å². The molecule has 0 bridgehead atoms. The first kappa shape index (κ1) is 16.8. The molecule has 8 heteroatoms. The lowest BCUT2D eigenvalue weighted by Crippen LogP contribution is -2.14. The highest BCUT2D eigenvalue weighted by molar-refractivity contribution is 7.92. The summed E-state index contributed by atoms with van der Waals surface area (Å²) in [4.78, 5) is -0.0886. The summed E-state index contributed by atoms with van der Waals surface area (Å²) in [6.45, 7) is 0.542. The van der Waals surface area contributed by atoms with Crippen molar-refractivity contribution in [3.8, 4) is 0 Å². The summed E-state index contributed by atoms with van der Waals surface area (Å²) < 4.78 is 28.9. The standard InChI is InChI=1S/C16H13Cl2N3O2S/c17-13-6-7-14(18)15(10-13)24(22,23)20-16-8-9-21(19-16)11-12-4-2-1-3-5-12/h1-10H,11H2,(H,19,20). The minimum atomic E-state index is -3.87. The van der Waals surface area contributed by atoms with E-state index in [9.17, 15) is 8.42 Å². The Kier molecular flexibility index (Phi) is 4.80. The number of rotatable bonds is 5. The van der Waals surface area contributed by atoms with Crippen LogP contribution < -0.4 is 4.72 Å². The molecule has 3 rings (SSSR count). The number of anilines is 1. The first-order chi connectivity index (χ1) is 11.4. The lowest BCUT2D eigenvalue weighted by atomic mass is 10.2. The van der Waals surface area contributed by atoms with Gasteiger partial charge in [0.05, 0.1) is 11.6 Å². The summed E-state index contributed by atoms with van der Waals surface area (Å²) in [5.74, 6) is 0.210. The van der Waals surface area contributed by atoms with Crippen molar-refractivity contribution >= 4 is 39.0 Å². The molecule has 0 amide bonds. The molecule has 1 heterocycles. The summed E-state index contributed by atoms with van der Waals surface area (Å²) in [6.07, 6.45) is 1.70. The molecular formula is C16H13Cl2N3O2S. The van der Waals surface area contributed by atoms with Gasteiger partial charge in [0.2, 0.25) is 0 Å². The van der Waals surface area contributed by atoms with E-state index in [4.69, 9.17) is 23.2 Å². The highest BCUT2D eigenvalue weighted by Gasteiger charge is 2.19. The predicted octanol–water partition coefficient (Wildman–Crippen LogP) is 4.04. The van der Waals surface area contributed by atoms with Crippen LogP contribution in [0.1, 0.15) is 5.56 Å². The van der Waals surface area contributed by atoms with Gasteiger partial charge in [-0.15, -0.1) is 0 Å². The molecular weight excluding hydrogens is 369 g/mol. The van der Waals surface area contributed by atoms with Crippen molar-refractivity contribution in [3.05, 3.63) is 76.4 Å². The van der Waals surface area contributed by atoms with Gasteiger partial charge in [-0.3, -0.25) is 9.40 Å². The first-order valence-electron chi connectivity index (χ1n) is 6.99. The van der Waals surface area contributed by atoms with E-state index in [1.54, 1.807) is 16.9 Å². The molecule has 1 N–H and O–H groups in total.